The molecule has 4 heteroatoms. The summed E-state index contributed by atoms with van der Waals surface area (Å²) in [5.41, 5.74) is 6.01. The number of rotatable bonds is 13. The molecule has 30 heavy (non-hydrogen) atoms. The van der Waals surface area contributed by atoms with Crippen LogP contribution < -0.4 is 10.5 Å². The number of hydrogen-bond donors (Lipinski definition) is 1. The number of halogens is 1. The molecule has 0 aliphatic carbocycles. The van der Waals surface area contributed by atoms with Gasteiger partial charge >= 0.3 is 5.97 Å². The van der Waals surface area contributed by atoms with E-state index in [1.54, 1.807) is 0 Å². The highest BCUT2D eigenvalue weighted by Gasteiger charge is 2.28. The van der Waals surface area contributed by atoms with Gasteiger partial charge in [0.2, 0.25) is 0 Å². The third kappa shape index (κ3) is 9.18. The molecule has 1 atom stereocenters. The van der Waals surface area contributed by atoms with Gasteiger partial charge in [-0.3, -0.25) is 4.79 Å². The van der Waals surface area contributed by atoms with Crippen molar-refractivity contribution in [1.29, 1.82) is 0 Å². The summed E-state index contributed by atoms with van der Waals surface area (Å²) in [5.74, 6) is 0.572. The first-order chi connectivity index (χ1) is 13.9. The lowest BCUT2D eigenvalue weighted by atomic mass is 9.82. The predicted octanol–water partition coefficient (Wildman–Crippen LogP) is 7.60. The van der Waals surface area contributed by atoms with Gasteiger partial charge in [-0.05, 0) is 37.6 Å². The summed E-state index contributed by atoms with van der Waals surface area (Å²) in [6.07, 6.45) is 11.6. The normalized spacial score (nSPS) is 12.4. The fourth-order valence-electron chi connectivity index (χ4n) is 3.91. The lowest BCUT2D eigenvalue weighted by Crippen LogP contribution is -2.42. The summed E-state index contributed by atoms with van der Waals surface area (Å²) >= 11 is 0. The summed E-state index contributed by atoms with van der Waals surface area (Å²) in [6.45, 7) is 6.29. The Kier molecular flexibility index (Phi) is 12.3. The summed E-state index contributed by atoms with van der Waals surface area (Å²) in [6, 6.07) is 13.8. The van der Waals surface area contributed by atoms with Gasteiger partial charge in [0.15, 0.2) is 0 Å². The first-order valence-corrected chi connectivity index (χ1v) is 11.4. The molecule has 2 aromatic carbocycles. The molecule has 0 fully saturated rings. The number of hydrogen-bond acceptors (Lipinski definition) is 3. The average Bonchev–Trinajstić information content (AvgIpc) is 2.68. The van der Waals surface area contributed by atoms with Crippen molar-refractivity contribution >= 4 is 33.7 Å². The monoisotopic (exact) mass is 477 g/mol. The van der Waals surface area contributed by atoms with E-state index in [4.69, 9.17) is 10.5 Å². The first kappa shape index (κ1) is 26.6. The van der Waals surface area contributed by atoms with Crippen molar-refractivity contribution in [1.82, 2.24) is 0 Å². The lowest BCUT2D eigenvalue weighted by molar-refractivity contribution is -0.136. The van der Waals surface area contributed by atoms with Crippen molar-refractivity contribution in [2.45, 2.75) is 90.5 Å². The van der Waals surface area contributed by atoms with Crippen molar-refractivity contribution in [2.75, 3.05) is 0 Å². The molecule has 168 valence electrons. The minimum atomic E-state index is -0.390. The largest absolute Gasteiger partial charge is 0.426 e. The zero-order valence-electron chi connectivity index (χ0n) is 19.0. The van der Waals surface area contributed by atoms with E-state index in [0.717, 1.165) is 23.6 Å². The number of carbonyl (C=O) groups is 1. The molecular weight excluding hydrogens is 438 g/mol. The van der Waals surface area contributed by atoms with Crippen LogP contribution in [0.4, 0.5) is 0 Å². The standard InChI is InChI=1S/C26H39NO2.BrH/c1-4-5-6-7-8-9-10-11-17-22(26(2,3)27)20-25(28)29-24-19-14-16-21-15-12-13-18-23(21)24;/h12-16,18-19,22H,4-11,17,20,27H2,1-3H3;1H. The molecule has 2 aromatic rings. The van der Waals surface area contributed by atoms with Gasteiger partial charge in [-0.15, -0.1) is 17.0 Å². The van der Waals surface area contributed by atoms with Gasteiger partial charge in [-0.1, -0.05) is 94.7 Å². The van der Waals surface area contributed by atoms with Crippen LogP contribution in [0, 0.1) is 5.92 Å². The summed E-state index contributed by atoms with van der Waals surface area (Å²) in [7, 11) is 0. The van der Waals surface area contributed by atoms with E-state index in [2.05, 4.69) is 6.92 Å². The second-order valence-corrected chi connectivity index (χ2v) is 8.94. The number of benzene rings is 2. The molecule has 2 N–H and O–H groups in total. The fourth-order valence-corrected chi connectivity index (χ4v) is 3.91. The molecule has 0 amide bonds. The van der Waals surface area contributed by atoms with Crippen molar-refractivity contribution < 1.29 is 9.53 Å². The Morgan fingerprint density at radius 2 is 1.53 bits per heavy atom. The molecule has 0 heterocycles. The highest BCUT2D eigenvalue weighted by Crippen LogP contribution is 2.28. The number of carbonyl (C=O) groups excluding carboxylic acids is 1. The number of esters is 1. The van der Waals surface area contributed by atoms with E-state index in [9.17, 15) is 4.79 Å². The Bertz CT molecular complexity index is 749. The summed E-state index contributed by atoms with van der Waals surface area (Å²) in [5, 5.41) is 2.04. The average molecular weight is 479 g/mol. The molecule has 0 aliphatic rings. The highest BCUT2D eigenvalue weighted by atomic mass is 79.9. The highest BCUT2D eigenvalue weighted by molar-refractivity contribution is 8.93. The molecule has 0 saturated carbocycles. The third-order valence-corrected chi connectivity index (χ3v) is 5.84. The Hall–Kier alpha value is -1.39. The van der Waals surface area contributed by atoms with Crippen LogP contribution in [-0.4, -0.2) is 11.5 Å². The minimum absolute atomic E-state index is 0. The van der Waals surface area contributed by atoms with Crippen LogP contribution in [0.25, 0.3) is 10.8 Å². The second-order valence-electron chi connectivity index (χ2n) is 8.94. The van der Waals surface area contributed by atoms with Gasteiger partial charge in [-0.25, -0.2) is 0 Å². The molecule has 0 aliphatic heterocycles. The zero-order chi connectivity index (χ0) is 21.1. The quantitative estimate of drug-likeness (QED) is 0.183. The van der Waals surface area contributed by atoms with Crippen LogP contribution >= 0.6 is 17.0 Å². The van der Waals surface area contributed by atoms with Gasteiger partial charge in [0.1, 0.15) is 5.75 Å². The second kappa shape index (κ2) is 13.8. The maximum atomic E-state index is 12.7. The van der Waals surface area contributed by atoms with Gasteiger partial charge in [-0.2, -0.15) is 0 Å². The molecule has 0 radical (unpaired) electrons. The fraction of sp³-hybridized carbons (Fsp3) is 0.577. The van der Waals surface area contributed by atoms with Gasteiger partial charge in [0.05, 0.1) is 6.42 Å². The van der Waals surface area contributed by atoms with Crippen LogP contribution in [0.3, 0.4) is 0 Å². The van der Waals surface area contributed by atoms with E-state index in [0.29, 0.717) is 12.2 Å². The lowest BCUT2D eigenvalue weighted by Gasteiger charge is -2.30. The Morgan fingerprint density at radius 3 is 2.20 bits per heavy atom. The van der Waals surface area contributed by atoms with E-state index in [1.165, 1.54) is 44.9 Å². The molecule has 0 saturated heterocycles. The van der Waals surface area contributed by atoms with Gasteiger partial charge < -0.3 is 10.5 Å². The Morgan fingerprint density at radius 1 is 0.933 bits per heavy atom. The number of unbranched alkanes of at least 4 members (excludes halogenated alkanes) is 7. The number of nitrogens with two attached hydrogens (primary N) is 1. The minimum Gasteiger partial charge on any atom is -0.426 e. The number of fused-ring (bicyclic) bond motifs is 1. The maximum Gasteiger partial charge on any atom is 0.311 e. The number of ether oxygens (including phenoxy) is 1. The molecule has 2 rings (SSSR count). The van der Waals surface area contributed by atoms with E-state index < -0.39 is 0 Å². The van der Waals surface area contributed by atoms with E-state index in [-0.39, 0.29) is 34.4 Å². The molecule has 3 nitrogen and oxygen atoms in total. The topological polar surface area (TPSA) is 52.3 Å². The van der Waals surface area contributed by atoms with Crippen LogP contribution in [0.5, 0.6) is 5.75 Å². The first-order valence-electron chi connectivity index (χ1n) is 11.4. The van der Waals surface area contributed by atoms with Crippen LogP contribution in [0.1, 0.15) is 85.0 Å². The molecular formula is C26H40BrNO2. The smallest absolute Gasteiger partial charge is 0.311 e. The van der Waals surface area contributed by atoms with Crippen LogP contribution in [0.2, 0.25) is 0 Å². The predicted molar refractivity (Wildman–Crippen MR) is 134 cm³/mol. The summed E-state index contributed by atoms with van der Waals surface area (Å²) < 4.78 is 5.74. The van der Waals surface area contributed by atoms with Crippen molar-refractivity contribution in [3.8, 4) is 5.75 Å². The van der Waals surface area contributed by atoms with Crippen molar-refractivity contribution in [3.63, 3.8) is 0 Å². The van der Waals surface area contributed by atoms with E-state index in [1.807, 2.05) is 56.3 Å². The van der Waals surface area contributed by atoms with Gasteiger partial charge in [0.25, 0.3) is 0 Å². The van der Waals surface area contributed by atoms with Crippen LogP contribution in [-0.2, 0) is 4.79 Å². The molecule has 0 bridgehead atoms. The van der Waals surface area contributed by atoms with Gasteiger partial charge in [0, 0.05) is 10.9 Å². The zero-order valence-corrected chi connectivity index (χ0v) is 20.7. The third-order valence-electron chi connectivity index (χ3n) is 5.84. The van der Waals surface area contributed by atoms with Crippen molar-refractivity contribution in [2.24, 2.45) is 11.7 Å². The Balaban J connectivity index is 0.00000450. The molecule has 0 spiro atoms. The SMILES string of the molecule is Br.CCCCCCCCCCC(CC(=O)Oc1cccc2ccccc12)C(C)(C)N. The molecule has 0 aromatic heterocycles. The van der Waals surface area contributed by atoms with Crippen LogP contribution in [0.15, 0.2) is 42.5 Å². The Labute approximate surface area is 193 Å². The molecule has 1 unspecified atom stereocenters. The van der Waals surface area contributed by atoms with E-state index >= 15 is 0 Å². The summed E-state index contributed by atoms with van der Waals surface area (Å²) in [4.78, 5) is 12.7. The van der Waals surface area contributed by atoms with Crippen molar-refractivity contribution in [3.05, 3.63) is 42.5 Å². The maximum absolute atomic E-state index is 12.7.